The van der Waals surface area contributed by atoms with Crippen LogP contribution in [0.25, 0.3) is 0 Å². The lowest BCUT2D eigenvalue weighted by molar-refractivity contribution is 0.136. The summed E-state index contributed by atoms with van der Waals surface area (Å²) in [6, 6.07) is 4.55. The Morgan fingerprint density at radius 2 is 2.29 bits per heavy atom. The fraction of sp³-hybridized carbons (Fsp3) is 0.625. The van der Waals surface area contributed by atoms with Gasteiger partial charge in [-0.3, -0.25) is 4.90 Å². The molecule has 1 aliphatic heterocycles. The number of hydrogen-bond donors (Lipinski definition) is 2. The van der Waals surface area contributed by atoms with Crippen molar-refractivity contribution in [1.29, 1.82) is 0 Å². The number of rotatable bonds is 6. The molecule has 0 amide bonds. The van der Waals surface area contributed by atoms with Gasteiger partial charge in [-0.25, -0.2) is 4.39 Å². The minimum absolute atomic E-state index is 0.166. The largest absolute Gasteiger partial charge is 0.496 e. The molecule has 0 saturated carbocycles. The number of halogens is 1. The Labute approximate surface area is 125 Å². The van der Waals surface area contributed by atoms with Crippen LogP contribution in [0.4, 0.5) is 4.39 Å². The van der Waals surface area contributed by atoms with Crippen molar-refractivity contribution in [3.05, 3.63) is 29.6 Å². The Hall–Kier alpha value is -1.17. The van der Waals surface area contributed by atoms with Gasteiger partial charge in [0, 0.05) is 24.2 Å². The summed E-state index contributed by atoms with van der Waals surface area (Å²) in [6.07, 6.45) is 1.73. The highest BCUT2D eigenvalue weighted by atomic mass is 19.1. The first kappa shape index (κ1) is 16.2. The second-order valence-electron chi connectivity index (χ2n) is 5.80. The van der Waals surface area contributed by atoms with E-state index < -0.39 is 6.04 Å². The summed E-state index contributed by atoms with van der Waals surface area (Å²) in [5, 5.41) is 9.46. The molecule has 4 nitrogen and oxygen atoms in total. The Bertz CT molecular complexity index is 470. The maximum absolute atomic E-state index is 14.0. The summed E-state index contributed by atoms with van der Waals surface area (Å²) in [6.45, 7) is 4.04. The molecule has 3 unspecified atom stereocenters. The van der Waals surface area contributed by atoms with Gasteiger partial charge in [0.2, 0.25) is 0 Å². The van der Waals surface area contributed by atoms with Gasteiger partial charge in [-0.1, -0.05) is 13.0 Å². The molecule has 1 heterocycles. The molecule has 1 fully saturated rings. The van der Waals surface area contributed by atoms with Crippen LogP contribution in [-0.4, -0.2) is 42.9 Å². The number of aliphatic hydroxyl groups is 1. The molecule has 5 heteroatoms. The molecule has 1 aliphatic rings. The summed E-state index contributed by atoms with van der Waals surface area (Å²) in [4.78, 5) is 2.25. The van der Waals surface area contributed by atoms with Gasteiger partial charge in [-0.2, -0.15) is 0 Å². The Morgan fingerprint density at radius 3 is 2.95 bits per heavy atom. The highest BCUT2D eigenvalue weighted by Gasteiger charge is 2.30. The smallest absolute Gasteiger partial charge is 0.131 e. The molecule has 118 valence electrons. The number of ether oxygens (including phenoxy) is 1. The van der Waals surface area contributed by atoms with Crippen LogP contribution < -0.4 is 10.5 Å². The van der Waals surface area contributed by atoms with Crippen LogP contribution in [0.15, 0.2) is 18.2 Å². The summed E-state index contributed by atoms with van der Waals surface area (Å²) >= 11 is 0. The number of likely N-dealkylation sites (tertiary alicyclic amines) is 1. The van der Waals surface area contributed by atoms with Crippen molar-refractivity contribution in [3.8, 4) is 5.75 Å². The van der Waals surface area contributed by atoms with Gasteiger partial charge in [0.1, 0.15) is 11.6 Å². The Morgan fingerprint density at radius 1 is 1.52 bits per heavy atom. The van der Waals surface area contributed by atoms with Crippen molar-refractivity contribution in [3.63, 3.8) is 0 Å². The highest BCUT2D eigenvalue weighted by Crippen LogP contribution is 2.30. The van der Waals surface area contributed by atoms with E-state index in [4.69, 9.17) is 10.5 Å². The van der Waals surface area contributed by atoms with Crippen molar-refractivity contribution < 1.29 is 14.2 Å². The van der Waals surface area contributed by atoms with E-state index in [1.54, 1.807) is 12.1 Å². The zero-order chi connectivity index (χ0) is 15.4. The fourth-order valence-electron chi connectivity index (χ4n) is 3.16. The van der Waals surface area contributed by atoms with Crippen molar-refractivity contribution in [2.75, 3.05) is 26.8 Å². The molecule has 1 aromatic carbocycles. The number of nitrogens with zero attached hydrogens (tertiary/aromatic N) is 1. The molecular formula is C16H25FN2O2. The van der Waals surface area contributed by atoms with Gasteiger partial charge in [-0.15, -0.1) is 0 Å². The van der Waals surface area contributed by atoms with Crippen LogP contribution in [0, 0.1) is 11.7 Å². The number of aliphatic hydroxyl groups excluding tert-OH is 1. The van der Waals surface area contributed by atoms with Crippen LogP contribution in [0.3, 0.4) is 0 Å². The number of nitrogens with two attached hydrogens (primary N) is 1. The van der Waals surface area contributed by atoms with Gasteiger partial charge < -0.3 is 15.6 Å². The predicted octanol–water partition coefficient (Wildman–Crippen LogP) is 1.93. The third-order valence-electron chi connectivity index (χ3n) is 4.52. The van der Waals surface area contributed by atoms with Gasteiger partial charge in [0.15, 0.2) is 0 Å². The normalized spacial score (nSPS) is 24.2. The van der Waals surface area contributed by atoms with E-state index in [9.17, 15) is 9.50 Å². The van der Waals surface area contributed by atoms with E-state index in [0.29, 0.717) is 23.7 Å². The van der Waals surface area contributed by atoms with Crippen molar-refractivity contribution in [2.24, 2.45) is 11.7 Å². The number of methoxy groups -OCH3 is 1. The molecule has 21 heavy (non-hydrogen) atoms. The average molecular weight is 296 g/mol. The summed E-state index contributed by atoms with van der Waals surface area (Å²) in [7, 11) is 1.52. The number of hydrogen-bond acceptors (Lipinski definition) is 4. The van der Waals surface area contributed by atoms with E-state index in [1.165, 1.54) is 13.2 Å². The molecule has 0 aromatic heterocycles. The summed E-state index contributed by atoms with van der Waals surface area (Å²) in [5.41, 5.74) is 6.60. The first-order valence-electron chi connectivity index (χ1n) is 7.51. The lowest BCUT2D eigenvalue weighted by atomic mass is 10.0. The summed E-state index contributed by atoms with van der Waals surface area (Å²) in [5.74, 6) is 0.667. The van der Waals surface area contributed by atoms with E-state index >= 15 is 0 Å². The van der Waals surface area contributed by atoms with E-state index in [0.717, 1.165) is 19.5 Å². The van der Waals surface area contributed by atoms with Crippen molar-refractivity contribution in [1.82, 2.24) is 4.90 Å². The fourth-order valence-corrected chi connectivity index (χ4v) is 3.16. The molecule has 1 saturated heterocycles. The Kier molecular flexibility index (Phi) is 5.56. The minimum Gasteiger partial charge on any atom is -0.496 e. The van der Waals surface area contributed by atoms with Crippen molar-refractivity contribution in [2.45, 2.75) is 31.8 Å². The molecule has 0 spiro atoms. The molecule has 1 aromatic rings. The van der Waals surface area contributed by atoms with Crippen LogP contribution in [0.1, 0.15) is 31.4 Å². The van der Waals surface area contributed by atoms with Gasteiger partial charge >= 0.3 is 0 Å². The van der Waals surface area contributed by atoms with E-state index in [-0.39, 0.29) is 18.5 Å². The van der Waals surface area contributed by atoms with Gasteiger partial charge in [-0.05, 0) is 37.4 Å². The van der Waals surface area contributed by atoms with Gasteiger partial charge in [0.05, 0.1) is 13.7 Å². The van der Waals surface area contributed by atoms with Crippen LogP contribution >= 0.6 is 0 Å². The molecule has 0 bridgehead atoms. The zero-order valence-electron chi connectivity index (χ0n) is 12.8. The van der Waals surface area contributed by atoms with Crippen LogP contribution in [-0.2, 0) is 0 Å². The Balaban J connectivity index is 2.01. The standard InChI is InChI=1S/C16H25FN2O2/c1-11-6-8-19(14(11)10-20)9-7-13(18)16-12(17)4-3-5-15(16)21-2/h3-5,11,13-14,20H,6-10,18H2,1-2H3. The molecule has 0 radical (unpaired) electrons. The number of benzene rings is 1. The molecule has 3 atom stereocenters. The lowest BCUT2D eigenvalue weighted by Gasteiger charge is -2.26. The SMILES string of the molecule is COc1cccc(F)c1C(N)CCN1CCC(C)C1CO. The van der Waals surface area contributed by atoms with E-state index in [2.05, 4.69) is 11.8 Å². The third kappa shape index (κ3) is 3.54. The molecule has 0 aliphatic carbocycles. The second kappa shape index (κ2) is 7.20. The van der Waals surface area contributed by atoms with Crippen molar-refractivity contribution >= 4 is 0 Å². The first-order valence-corrected chi connectivity index (χ1v) is 7.51. The quantitative estimate of drug-likeness (QED) is 0.842. The van der Waals surface area contributed by atoms with E-state index in [1.807, 2.05) is 0 Å². The predicted molar refractivity (Wildman–Crippen MR) is 80.7 cm³/mol. The van der Waals surface area contributed by atoms with Crippen LogP contribution in [0.2, 0.25) is 0 Å². The average Bonchev–Trinajstić information content (AvgIpc) is 2.84. The third-order valence-corrected chi connectivity index (χ3v) is 4.52. The zero-order valence-corrected chi connectivity index (χ0v) is 12.8. The molecule has 2 rings (SSSR count). The minimum atomic E-state index is -0.406. The summed E-state index contributed by atoms with van der Waals surface area (Å²) < 4.78 is 19.2. The van der Waals surface area contributed by atoms with Crippen LogP contribution in [0.5, 0.6) is 5.75 Å². The maximum Gasteiger partial charge on any atom is 0.131 e. The topological polar surface area (TPSA) is 58.7 Å². The second-order valence-corrected chi connectivity index (χ2v) is 5.80. The molecular weight excluding hydrogens is 271 g/mol. The monoisotopic (exact) mass is 296 g/mol. The lowest BCUT2D eigenvalue weighted by Crippen LogP contribution is -2.37. The first-order chi connectivity index (χ1) is 10.1. The maximum atomic E-state index is 14.0. The highest BCUT2D eigenvalue weighted by molar-refractivity contribution is 5.37. The van der Waals surface area contributed by atoms with Gasteiger partial charge in [0.25, 0.3) is 0 Å². The molecule has 3 N–H and O–H groups in total.